The molecule has 2 rings (SSSR count). The topological polar surface area (TPSA) is 47.3 Å². The summed E-state index contributed by atoms with van der Waals surface area (Å²) in [6.45, 7) is 8.71. The zero-order valence-corrected chi connectivity index (χ0v) is 12.4. The third-order valence-corrected chi connectivity index (χ3v) is 4.12. The van der Waals surface area contributed by atoms with Crippen LogP contribution >= 0.6 is 0 Å². The molecular formula is C16H26N2O. The van der Waals surface area contributed by atoms with Crippen LogP contribution in [-0.2, 0) is 0 Å². The highest BCUT2D eigenvalue weighted by molar-refractivity contribution is 5.59. The van der Waals surface area contributed by atoms with Gasteiger partial charge in [0.2, 0.25) is 0 Å². The number of hydrogen-bond donors (Lipinski definition) is 2. The summed E-state index contributed by atoms with van der Waals surface area (Å²) in [5.41, 5.74) is 7.77. The summed E-state index contributed by atoms with van der Waals surface area (Å²) in [4.78, 5) is 0. The second-order valence-corrected chi connectivity index (χ2v) is 6.12. The SMILES string of the molecule is CC(C)Oc1cc(N)cc(NC2CCC(C)C2C)c1. The molecule has 3 N–H and O–H groups in total. The molecule has 0 saturated heterocycles. The van der Waals surface area contributed by atoms with E-state index in [9.17, 15) is 0 Å². The second-order valence-electron chi connectivity index (χ2n) is 6.12. The van der Waals surface area contributed by atoms with Crippen LogP contribution in [0.4, 0.5) is 11.4 Å². The number of ether oxygens (including phenoxy) is 1. The molecule has 1 aliphatic carbocycles. The fraction of sp³-hybridized carbons (Fsp3) is 0.625. The first-order valence-corrected chi connectivity index (χ1v) is 7.29. The van der Waals surface area contributed by atoms with E-state index in [4.69, 9.17) is 10.5 Å². The highest BCUT2D eigenvalue weighted by Crippen LogP contribution is 2.34. The van der Waals surface area contributed by atoms with Crippen molar-refractivity contribution in [3.05, 3.63) is 18.2 Å². The van der Waals surface area contributed by atoms with Gasteiger partial charge in [-0.3, -0.25) is 0 Å². The van der Waals surface area contributed by atoms with Crippen molar-refractivity contribution in [1.82, 2.24) is 0 Å². The van der Waals surface area contributed by atoms with Crippen molar-refractivity contribution in [1.29, 1.82) is 0 Å². The molecule has 3 nitrogen and oxygen atoms in total. The molecule has 3 unspecified atom stereocenters. The van der Waals surface area contributed by atoms with E-state index in [0.717, 1.165) is 23.0 Å². The monoisotopic (exact) mass is 262 g/mol. The van der Waals surface area contributed by atoms with Crippen LogP contribution in [0.1, 0.15) is 40.5 Å². The third kappa shape index (κ3) is 3.55. The minimum absolute atomic E-state index is 0.167. The molecule has 0 heterocycles. The first-order valence-electron chi connectivity index (χ1n) is 7.29. The lowest BCUT2D eigenvalue weighted by Crippen LogP contribution is -2.24. The quantitative estimate of drug-likeness (QED) is 0.809. The molecule has 0 aliphatic heterocycles. The van der Waals surface area contributed by atoms with E-state index >= 15 is 0 Å². The Labute approximate surface area is 116 Å². The maximum absolute atomic E-state index is 5.95. The van der Waals surface area contributed by atoms with E-state index in [-0.39, 0.29) is 6.10 Å². The van der Waals surface area contributed by atoms with Gasteiger partial charge in [-0.1, -0.05) is 13.8 Å². The maximum atomic E-state index is 5.95. The van der Waals surface area contributed by atoms with Crippen LogP contribution in [0, 0.1) is 11.8 Å². The van der Waals surface area contributed by atoms with E-state index in [1.807, 2.05) is 32.0 Å². The lowest BCUT2D eigenvalue weighted by Gasteiger charge is -2.22. The van der Waals surface area contributed by atoms with Gasteiger partial charge in [-0.25, -0.2) is 0 Å². The molecule has 3 atom stereocenters. The molecule has 0 aromatic heterocycles. The van der Waals surface area contributed by atoms with Crippen LogP contribution in [0.15, 0.2) is 18.2 Å². The van der Waals surface area contributed by atoms with Gasteiger partial charge in [0.05, 0.1) is 6.10 Å². The maximum Gasteiger partial charge on any atom is 0.123 e. The molecule has 106 valence electrons. The first-order chi connectivity index (χ1) is 8.95. The van der Waals surface area contributed by atoms with Gasteiger partial charge in [0.25, 0.3) is 0 Å². The second kappa shape index (κ2) is 5.72. The van der Waals surface area contributed by atoms with Gasteiger partial charge >= 0.3 is 0 Å². The Morgan fingerprint density at radius 1 is 1.21 bits per heavy atom. The van der Waals surface area contributed by atoms with Crippen molar-refractivity contribution in [2.45, 2.75) is 52.7 Å². The Kier molecular flexibility index (Phi) is 4.23. The van der Waals surface area contributed by atoms with Gasteiger partial charge in [-0.2, -0.15) is 0 Å². The number of rotatable bonds is 4. The molecule has 0 spiro atoms. The Hall–Kier alpha value is -1.38. The number of nitrogen functional groups attached to an aromatic ring is 1. The van der Waals surface area contributed by atoms with Gasteiger partial charge in [0, 0.05) is 29.5 Å². The van der Waals surface area contributed by atoms with Crippen molar-refractivity contribution < 1.29 is 4.74 Å². The highest BCUT2D eigenvalue weighted by Gasteiger charge is 2.29. The molecule has 1 aromatic carbocycles. The van der Waals surface area contributed by atoms with Crippen LogP contribution in [0.2, 0.25) is 0 Å². The molecule has 3 heteroatoms. The summed E-state index contributed by atoms with van der Waals surface area (Å²) in [5.74, 6) is 2.34. The Morgan fingerprint density at radius 2 is 1.95 bits per heavy atom. The van der Waals surface area contributed by atoms with Crippen molar-refractivity contribution >= 4 is 11.4 Å². The molecule has 1 saturated carbocycles. The van der Waals surface area contributed by atoms with Crippen LogP contribution in [0.25, 0.3) is 0 Å². The van der Waals surface area contributed by atoms with Gasteiger partial charge in [0.1, 0.15) is 5.75 Å². The average molecular weight is 262 g/mol. The van der Waals surface area contributed by atoms with E-state index in [0.29, 0.717) is 12.0 Å². The van der Waals surface area contributed by atoms with E-state index in [1.165, 1.54) is 12.8 Å². The Balaban J connectivity index is 2.09. The molecule has 0 bridgehead atoms. The molecular weight excluding hydrogens is 236 g/mol. The van der Waals surface area contributed by atoms with E-state index < -0.39 is 0 Å². The lowest BCUT2D eigenvalue weighted by atomic mass is 9.97. The van der Waals surface area contributed by atoms with Crippen molar-refractivity contribution in [2.75, 3.05) is 11.1 Å². The third-order valence-electron chi connectivity index (χ3n) is 4.12. The van der Waals surface area contributed by atoms with Crippen molar-refractivity contribution in [2.24, 2.45) is 11.8 Å². The summed E-state index contributed by atoms with van der Waals surface area (Å²) < 4.78 is 5.73. The highest BCUT2D eigenvalue weighted by atomic mass is 16.5. The van der Waals surface area contributed by atoms with Crippen LogP contribution < -0.4 is 15.8 Å². The molecule has 1 aromatic rings. The predicted octanol–water partition coefficient (Wildman–Crippen LogP) is 3.90. The molecule has 19 heavy (non-hydrogen) atoms. The van der Waals surface area contributed by atoms with Crippen molar-refractivity contribution in [3.8, 4) is 5.75 Å². The fourth-order valence-corrected chi connectivity index (χ4v) is 2.83. The van der Waals surface area contributed by atoms with E-state index in [2.05, 4.69) is 19.2 Å². The minimum atomic E-state index is 0.167. The predicted molar refractivity (Wildman–Crippen MR) is 81.6 cm³/mol. The number of hydrogen-bond acceptors (Lipinski definition) is 3. The summed E-state index contributed by atoms with van der Waals surface area (Å²) >= 11 is 0. The zero-order valence-electron chi connectivity index (χ0n) is 12.4. The largest absolute Gasteiger partial charge is 0.491 e. The summed E-state index contributed by atoms with van der Waals surface area (Å²) in [6.07, 6.45) is 2.70. The molecule has 1 aliphatic rings. The van der Waals surface area contributed by atoms with Gasteiger partial charge in [0.15, 0.2) is 0 Å². The number of nitrogens with two attached hydrogens (primary N) is 1. The number of benzene rings is 1. The van der Waals surface area contributed by atoms with Gasteiger partial charge in [-0.05, 0) is 44.6 Å². The van der Waals surface area contributed by atoms with Crippen molar-refractivity contribution in [3.63, 3.8) is 0 Å². The molecule has 0 amide bonds. The Bertz CT molecular complexity index is 431. The van der Waals surface area contributed by atoms with Crippen LogP contribution in [0.3, 0.4) is 0 Å². The normalized spacial score (nSPS) is 26.7. The average Bonchev–Trinajstić information content (AvgIpc) is 2.59. The zero-order chi connectivity index (χ0) is 14.0. The minimum Gasteiger partial charge on any atom is -0.491 e. The van der Waals surface area contributed by atoms with Gasteiger partial charge < -0.3 is 15.8 Å². The Morgan fingerprint density at radius 3 is 2.53 bits per heavy atom. The standard InChI is InChI=1S/C16H26N2O/c1-10(2)19-15-8-13(17)7-14(9-15)18-16-6-5-11(3)12(16)4/h7-12,16,18H,5-6,17H2,1-4H3. The number of nitrogens with one attached hydrogen (secondary N) is 1. The van der Waals surface area contributed by atoms with Crippen LogP contribution in [-0.4, -0.2) is 12.1 Å². The lowest BCUT2D eigenvalue weighted by molar-refractivity contribution is 0.242. The summed E-state index contributed by atoms with van der Waals surface area (Å²) in [7, 11) is 0. The summed E-state index contributed by atoms with van der Waals surface area (Å²) in [6, 6.07) is 6.46. The molecule has 0 radical (unpaired) electrons. The smallest absolute Gasteiger partial charge is 0.123 e. The first kappa shape index (κ1) is 14.0. The molecule has 1 fully saturated rings. The van der Waals surface area contributed by atoms with Crippen LogP contribution in [0.5, 0.6) is 5.75 Å². The fourth-order valence-electron chi connectivity index (χ4n) is 2.83. The number of anilines is 2. The van der Waals surface area contributed by atoms with Gasteiger partial charge in [-0.15, -0.1) is 0 Å². The summed E-state index contributed by atoms with van der Waals surface area (Å²) in [5, 5.41) is 3.62. The van der Waals surface area contributed by atoms with E-state index in [1.54, 1.807) is 0 Å².